The number of hydrogen-bond donors (Lipinski definition) is 2. The fraction of sp³-hybridized carbons (Fsp3) is 0.208. The maximum Gasteiger partial charge on any atom is 0.264 e. The van der Waals surface area contributed by atoms with Crippen molar-refractivity contribution in [3.05, 3.63) is 82.6 Å². The van der Waals surface area contributed by atoms with Crippen LogP contribution in [0.15, 0.2) is 72.1 Å². The van der Waals surface area contributed by atoms with Crippen molar-refractivity contribution in [1.82, 2.24) is 9.80 Å². The Morgan fingerprint density at radius 3 is 2.22 bits per heavy atom. The van der Waals surface area contributed by atoms with Gasteiger partial charge in [0.15, 0.2) is 0 Å². The average Bonchev–Trinajstić information content (AvgIpc) is 3.38. The van der Waals surface area contributed by atoms with Gasteiger partial charge in [-0.2, -0.15) is 0 Å². The molecule has 32 heavy (non-hydrogen) atoms. The molecular formula is C24H24N4O3S. The van der Waals surface area contributed by atoms with E-state index in [9.17, 15) is 14.4 Å². The lowest BCUT2D eigenvalue weighted by molar-refractivity contribution is -0.130. The molecule has 0 spiro atoms. The van der Waals surface area contributed by atoms with Crippen LogP contribution in [0.4, 0.5) is 11.4 Å². The topological polar surface area (TPSA) is 81.8 Å². The zero-order valence-corrected chi connectivity index (χ0v) is 18.3. The van der Waals surface area contributed by atoms with Crippen LogP contribution in [0.2, 0.25) is 0 Å². The van der Waals surface area contributed by atoms with Gasteiger partial charge in [0.25, 0.3) is 11.8 Å². The molecule has 1 aliphatic rings. The summed E-state index contributed by atoms with van der Waals surface area (Å²) >= 11 is 1.43. The molecular weight excluding hydrogens is 424 g/mol. The molecule has 3 amide bonds. The van der Waals surface area contributed by atoms with Crippen molar-refractivity contribution in [1.29, 1.82) is 0 Å². The van der Waals surface area contributed by atoms with Crippen LogP contribution in [0.25, 0.3) is 0 Å². The normalized spacial score (nSPS) is 13.5. The summed E-state index contributed by atoms with van der Waals surface area (Å²) in [5, 5.41) is 7.85. The third kappa shape index (κ3) is 5.15. The van der Waals surface area contributed by atoms with E-state index in [1.165, 1.54) is 11.3 Å². The van der Waals surface area contributed by atoms with Gasteiger partial charge in [0, 0.05) is 37.6 Å². The van der Waals surface area contributed by atoms with E-state index in [0.717, 1.165) is 4.88 Å². The molecule has 0 saturated carbocycles. The van der Waals surface area contributed by atoms with Crippen LogP contribution in [0.5, 0.6) is 0 Å². The third-order valence-electron chi connectivity index (χ3n) is 5.28. The molecule has 3 aromatic rings. The molecule has 0 radical (unpaired) electrons. The van der Waals surface area contributed by atoms with Gasteiger partial charge in [-0.3, -0.25) is 14.4 Å². The highest BCUT2D eigenvalue weighted by Gasteiger charge is 2.25. The summed E-state index contributed by atoms with van der Waals surface area (Å²) in [6.45, 7) is 2.09. The Labute approximate surface area is 190 Å². The van der Waals surface area contributed by atoms with E-state index in [2.05, 4.69) is 10.6 Å². The van der Waals surface area contributed by atoms with Crippen molar-refractivity contribution >= 4 is 40.4 Å². The van der Waals surface area contributed by atoms with Crippen LogP contribution in [-0.4, -0.2) is 60.2 Å². The SMILES string of the molecule is O=C(Nc1ccccc1)c1ccccc1NCC(=O)N1CCN(C(=O)c2cccs2)CC1. The molecule has 1 aromatic heterocycles. The van der Waals surface area contributed by atoms with Gasteiger partial charge in [-0.05, 0) is 35.7 Å². The highest BCUT2D eigenvalue weighted by atomic mass is 32.1. The number of carbonyl (C=O) groups is 3. The standard InChI is InChI=1S/C24H24N4O3S/c29-22(27-12-14-28(15-13-27)24(31)21-11-6-16-32-21)17-25-20-10-5-4-9-19(20)23(30)26-18-7-2-1-3-8-18/h1-11,16,25H,12-15,17H2,(H,26,30). The number of rotatable bonds is 6. The van der Waals surface area contributed by atoms with Crippen molar-refractivity contribution in [3.8, 4) is 0 Å². The van der Waals surface area contributed by atoms with E-state index in [1.807, 2.05) is 53.9 Å². The minimum absolute atomic E-state index is 0.0172. The summed E-state index contributed by atoms with van der Waals surface area (Å²) in [5.74, 6) is -0.289. The van der Waals surface area contributed by atoms with Gasteiger partial charge in [-0.25, -0.2) is 0 Å². The molecule has 0 bridgehead atoms. The predicted octanol–water partition coefficient (Wildman–Crippen LogP) is 3.40. The lowest BCUT2D eigenvalue weighted by Gasteiger charge is -2.34. The monoisotopic (exact) mass is 448 g/mol. The summed E-state index contributed by atoms with van der Waals surface area (Å²) < 4.78 is 0. The molecule has 2 heterocycles. The largest absolute Gasteiger partial charge is 0.376 e. The molecule has 7 nitrogen and oxygen atoms in total. The Bertz CT molecular complexity index is 1080. The van der Waals surface area contributed by atoms with Crippen LogP contribution in [0.3, 0.4) is 0 Å². The molecule has 1 fully saturated rings. The van der Waals surface area contributed by atoms with Crippen LogP contribution >= 0.6 is 11.3 Å². The maximum atomic E-state index is 12.7. The van der Waals surface area contributed by atoms with Gasteiger partial charge in [-0.1, -0.05) is 36.4 Å². The average molecular weight is 449 g/mol. The summed E-state index contributed by atoms with van der Waals surface area (Å²) in [4.78, 5) is 42.1. The van der Waals surface area contributed by atoms with Crippen LogP contribution < -0.4 is 10.6 Å². The highest BCUT2D eigenvalue weighted by Crippen LogP contribution is 2.18. The second-order valence-electron chi connectivity index (χ2n) is 7.37. The van der Waals surface area contributed by atoms with E-state index < -0.39 is 0 Å². The summed E-state index contributed by atoms with van der Waals surface area (Å²) in [5.41, 5.74) is 1.77. The van der Waals surface area contributed by atoms with Crippen LogP contribution in [0, 0.1) is 0 Å². The van der Waals surface area contributed by atoms with E-state index >= 15 is 0 Å². The number of hydrogen-bond acceptors (Lipinski definition) is 5. The number of para-hydroxylation sites is 2. The van der Waals surface area contributed by atoms with Gasteiger partial charge < -0.3 is 20.4 Å². The molecule has 164 valence electrons. The molecule has 2 N–H and O–H groups in total. The predicted molar refractivity (Wildman–Crippen MR) is 126 cm³/mol. The van der Waals surface area contributed by atoms with E-state index in [4.69, 9.17) is 0 Å². The molecule has 0 aliphatic carbocycles. The Balaban J connectivity index is 1.31. The first-order valence-electron chi connectivity index (χ1n) is 10.4. The van der Waals surface area contributed by atoms with Gasteiger partial charge >= 0.3 is 0 Å². The van der Waals surface area contributed by atoms with Crippen molar-refractivity contribution < 1.29 is 14.4 Å². The van der Waals surface area contributed by atoms with Crippen molar-refractivity contribution in [2.24, 2.45) is 0 Å². The zero-order valence-electron chi connectivity index (χ0n) is 17.5. The Morgan fingerprint density at radius 1 is 0.812 bits per heavy atom. The molecule has 4 rings (SSSR count). The quantitative estimate of drug-likeness (QED) is 0.606. The fourth-order valence-electron chi connectivity index (χ4n) is 3.55. The minimum atomic E-state index is -0.243. The van der Waals surface area contributed by atoms with E-state index in [1.54, 1.807) is 28.0 Å². The Morgan fingerprint density at radius 2 is 1.50 bits per heavy atom. The van der Waals surface area contributed by atoms with Gasteiger partial charge in [0.1, 0.15) is 0 Å². The fourth-order valence-corrected chi connectivity index (χ4v) is 4.24. The molecule has 1 saturated heterocycles. The number of amides is 3. The molecule has 1 aliphatic heterocycles. The molecule has 2 aromatic carbocycles. The number of benzene rings is 2. The Hall–Kier alpha value is -3.65. The first-order chi connectivity index (χ1) is 15.6. The number of thiophene rings is 1. The van der Waals surface area contributed by atoms with Gasteiger partial charge in [0.05, 0.1) is 17.0 Å². The second-order valence-corrected chi connectivity index (χ2v) is 8.32. The van der Waals surface area contributed by atoms with Crippen molar-refractivity contribution in [3.63, 3.8) is 0 Å². The second kappa shape index (κ2) is 10.1. The van der Waals surface area contributed by atoms with Crippen molar-refractivity contribution in [2.45, 2.75) is 0 Å². The number of carbonyl (C=O) groups excluding carboxylic acids is 3. The highest BCUT2D eigenvalue weighted by molar-refractivity contribution is 7.12. The third-order valence-corrected chi connectivity index (χ3v) is 6.14. The number of anilines is 2. The molecule has 8 heteroatoms. The number of nitrogens with one attached hydrogen (secondary N) is 2. The molecule has 0 unspecified atom stereocenters. The van der Waals surface area contributed by atoms with E-state index in [0.29, 0.717) is 43.1 Å². The maximum absolute atomic E-state index is 12.7. The summed E-state index contributed by atoms with van der Waals surface area (Å²) in [6, 6.07) is 20.0. The Kier molecular flexibility index (Phi) is 6.81. The first kappa shape index (κ1) is 21.6. The lowest BCUT2D eigenvalue weighted by Crippen LogP contribution is -2.51. The van der Waals surface area contributed by atoms with Crippen LogP contribution in [-0.2, 0) is 4.79 Å². The zero-order chi connectivity index (χ0) is 22.3. The lowest BCUT2D eigenvalue weighted by atomic mass is 10.1. The van der Waals surface area contributed by atoms with Crippen molar-refractivity contribution in [2.75, 3.05) is 43.4 Å². The molecule has 0 atom stereocenters. The van der Waals surface area contributed by atoms with Gasteiger partial charge in [0.2, 0.25) is 5.91 Å². The summed E-state index contributed by atoms with van der Waals surface area (Å²) in [6.07, 6.45) is 0. The van der Waals surface area contributed by atoms with E-state index in [-0.39, 0.29) is 24.3 Å². The first-order valence-corrected chi connectivity index (χ1v) is 11.3. The number of piperazine rings is 1. The summed E-state index contributed by atoms with van der Waals surface area (Å²) in [7, 11) is 0. The van der Waals surface area contributed by atoms with Crippen LogP contribution in [0.1, 0.15) is 20.0 Å². The number of nitrogens with zero attached hydrogens (tertiary/aromatic N) is 2. The smallest absolute Gasteiger partial charge is 0.264 e. The minimum Gasteiger partial charge on any atom is -0.376 e. The van der Waals surface area contributed by atoms with Gasteiger partial charge in [-0.15, -0.1) is 11.3 Å².